The van der Waals surface area contributed by atoms with Crippen LogP contribution in [-0.2, 0) is 9.47 Å². The number of fused-ring (bicyclic) bond motifs is 1. The minimum atomic E-state index is -0.0381. The van der Waals surface area contributed by atoms with E-state index in [1.54, 1.807) is 7.11 Å². The van der Waals surface area contributed by atoms with Gasteiger partial charge in [0, 0.05) is 19.4 Å². The van der Waals surface area contributed by atoms with Crippen LogP contribution in [-0.4, -0.2) is 19.8 Å². The van der Waals surface area contributed by atoms with Crippen LogP contribution in [0, 0.1) is 17.8 Å². The van der Waals surface area contributed by atoms with Gasteiger partial charge in [-0.2, -0.15) is 0 Å². The lowest BCUT2D eigenvalue weighted by molar-refractivity contribution is -0.0783. The summed E-state index contributed by atoms with van der Waals surface area (Å²) in [5, 5.41) is 0. The van der Waals surface area contributed by atoms with E-state index in [-0.39, 0.29) is 5.60 Å². The Balaban J connectivity index is 1.99. The van der Waals surface area contributed by atoms with Crippen LogP contribution in [0.4, 0.5) is 0 Å². The van der Waals surface area contributed by atoms with Crippen LogP contribution >= 0.6 is 0 Å². The van der Waals surface area contributed by atoms with Gasteiger partial charge in [-0.25, -0.2) is 0 Å². The van der Waals surface area contributed by atoms with Gasteiger partial charge in [0.1, 0.15) is 0 Å². The SMILES string of the molecule is COC1=C[C@H]2[C@@H](CC1)[C@H]1C=C[C@]2(OC)CC1. The minimum absolute atomic E-state index is 0.0381. The molecule has 2 heteroatoms. The van der Waals surface area contributed by atoms with Gasteiger partial charge in [0.15, 0.2) is 0 Å². The first-order valence-electron chi connectivity index (χ1n) is 6.28. The third-order valence-electron chi connectivity index (χ3n) is 4.80. The van der Waals surface area contributed by atoms with Crippen LogP contribution in [0.2, 0.25) is 0 Å². The summed E-state index contributed by atoms with van der Waals surface area (Å²) in [5.41, 5.74) is -0.0381. The molecule has 2 nitrogen and oxygen atoms in total. The van der Waals surface area contributed by atoms with E-state index in [0.717, 1.165) is 24.0 Å². The standard InChI is InChI=1S/C14H20O2/c1-15-11-3-4-12-10-5-7-14(16-2,8-6-10)13(12)9-11/h5,7,9-10,12-13H,3-4,6,8H2,1-2H3/t10-,12-,13-,14-/m0/s1. The minimum Gasteiger partial charge on any atom is -0.501 e. The van der Waals surface area contributed by atoms with Gasteiger partial charge in [-0.15, -0.1) is 0 Å². The molecule has 4 atom stereocenters. The number of allylic oxidation sites excluding steroid dienone is 2. The van der Waals surface area contributed by atoms with E-state index in [4.69, 9.17) is 9.47 Å². The second kappa shape index (κ2) is 3.63. The molecule has 0 N–H and O–H groups in total. The van der Waals surface area contributed by atoms with Crippen molar-refractivity contribution in [3.63, 3.8) is 0 Å². The number of methoxy groups -OCH3 is 2. The smallest absolute Gasteiger partial charge is 0.0925 e. The van der Waals surface area contributed by atoms with E-state index in [1.807, 2.05) is 7.11 Å². The Bertz CT molecular complexity index is 345. The quantitative estimate of drug-likeness (QED) is 0.666. The molecule has 2 bridgehead atoms. The van der Waals surface area contributed by atoms with Crippen molar-refractivity contribution in [3.05, 3.63) is 24.0 Å². The second-order valence-electron chi connectivity index (χ2n) is 5.29. The van der Waals surface area contributed by atoms with Crippen LogP contribution in [0.5, 0.6) is 0 Å². The number of ether oxygens (including phenoxy) is 2. The maximum atomic E-state index is 5.84. The first-order chi connectivity index (χ1) is 7.79. The number of hydrogen-bond acceptors (Lipinski definition) is 2. The zero-order valence-corrected chi connectivity index (χ0v) is 10.1. The van der Waals surface area contributed by atoms with Gasteiger partial charge in [0.2, 0.25) is 0 Å². The fourth-order valence-corrected chi connectivity index (χ4v) is 3.85. The Hall–Kier alpha value is -0.760. The zero-order chi connectivity index (χ0) is 11.2. The molecule has 0 aromatic carbocycles. The molecular formula is C14H20O2. The molecule has 0 spiro atoms. The molecule has 1 saturated carbocycles. The number of hydrogen-bond donors (Lipinski definition) is 0. The second-order valence-corrected chi connectivity index (χ2v) is 5.29. The molecule has 0 radical (unpaired) electrons. The topological polar surface area (TPSA) is 18.5 Å². The summed E-state index contributed by atoms with van der Waals surface area (Å²) >= 11 is 0. The Kier molecular flexibility index (Phi) is 2.36. The van der Waals surface area contributed by atoms with Gasteiger partial charge >= 0.3 is 0 Å². The molecule has 0 saturated heterocycles. The van der Waals surface area contributed by atoms with Crippen molar-refractivity contribution in [3.8, 4) is 0 Å². The van der Waals surface area contributed by atoms with Gasteiger partial charge in [-0.3, -0.25) is 0 Å². The van der Waals surface area contributed by atoms with E-state index < -0.39 is 0 Å². The molecule has 4 rings (SSSR count). The highest BCUT2D eigenvalue weighted by atomic mass is 16.5. The molecule has 0 amide bonds. The summed E-state index contributed by atoms with van der Waals surface area (Å²) in [6, 6.07) is 0. The van der Waals surface area contributed by atoms with Crippen molar-refractivity contribution in [1.29, 1.82) is 0 Å². The van der Waals surface area contributed by atoms with E-state index in [1.165, 1.54) is 19.3 Å². The van der Waals surface area contributed by atoms with Gasteiger partial charge < -0.3 is 9.47 Å². The predicted molar refractivity (Wildman–Crippen MR) is 62.9 cm³/mol. The first-order valence-corrected chi connectivity index (χ1v) is 6.28. The average molecular weight is 220 g/mol. The van der Waals surface area contributed by atoms with E-state index in [0.29, 0.717) is 5.92 Å². The average Bonchev–Trinajstić information content (AvgIpc) is 2.39. The summed E-state index contributed by atoms with van der Waals surface area (Å²) < 4.78 is 11.3. The molecule has 16 heavy (non-hydrogen) atoms. The van der Waals surface area contributed by atoms with E-state index in [2.05, 4.69) is 18.2 Å². The highest BCUT2D eigenvalue weighted by Crippen LogP contribution is 2.53. The van der Waals surface area contributed by atoms with Crippen molar-refractivity contribution in [1.82, 2.24) is 0 Å². The summed E-state index contributed by atoms with van der Waals surface area (Å²) in [4.78, 5) is 0. The Morgan fingerprint density at radius 3 is 2.81 bits per heavy atom. The lowest BCUT2D eigenvalue weighted by Gasteiger charge is -2.52. The third-order valence-corrected chi connectivity index (χ3v) is 4.80. The lowest BCUT2D eigenvalue weighted by Crippen LogP contribution is -2.51. The maximum Gasteiger partial charge on any atom is 0.0925 e. The molecular weight excluding hydrogens is 200 g/mol. The van der Waals surface area contributed by atoms with Gasteiger partial charge in [-0.1, -0.05) is 12.2 Å². The fourth-order valence-electron chi connectivity index (χ4n) is 3.85. The Labute approximate surface area is 97.3 Å². The van der Waals surface area contributed by atoms with Crippen molar-refractivity contribution in [2.45, 2.75) is 31.3 Å². The van der Waals surface area contributed by atoms with Crippen molar-refractivity contribution >= 4 is 0 Å². The molecule has 0 aromatic rings. The zero-order valence-electron chi connectivity index (χ0n) is 10.1. The summed E-state index contributed by atoms with van der Waals surface area (Å²) in [6.45, 7) is 0. The van der Waals surface area contributed by atoms with Gasteiger partial charge in [0.05, 0.1) is 18.5 Å². The molecule has 0 aliphatic heterocycles. The van der Waals surface area contributed by atoms with Crippen molar-refractivity contribution < 1.29 is 9.47 Å². The van der Waals surface area contributed by atoms with Gasteiger partial charge in [-0.05, 0) is 37.2 Å². The normalized spacial score (nSPS) is 45.1. The predicted octanol–water partition coefficient (Wildman–Crippen LogP) is 2.91. The van der Waals surface area contributed by atoms with Crippen LogP contribution in [0.1, 0.15) is 25.7 Å². The van der Waals surface area contributed by atoms with Crippen LogP contribution in [0.15, 0.2) is 24.0 Å². The highest BCUT2D eigenvalue weighted by Gasteiger charge is 2.50. The summed E-state index contributed by atoms with van der Waals surface area (Å²) in [7, 11) is 3.63. The molecule has 88 valence electrons. The molecule has 4 aliphatic rings. The van der Waals surface area contributed by atoms with E-state index in [9.17, 15) is 0 Å². The molecule has 4 aliphatic carbocycles. The summed E-state index contributed by atoms with van der Waals surface area (Å²) in [5.74, 6) is 3.23. The monoisotopic (exact) mass is 220 g/mol. The maximum absolute atomic E-state index is 5.84. The van der Waals surface area contributed by atoms with Crippen LogP contribution in [0.3, 0.4) is 0 Å². The van der Waals surface area contributed by atoms with Crippen molar-refractivity contribution in [2.24, 2.45) is 17.8 Å². The largest absolute Gasteiger partial charge is 0.501 e. The highest BCUT2D eigenvalue weighted by molar-refractivity contribution is 5.25. The first kappa shape index (κ1) is 10.4. The Morgan fingerprint density at radius 1 is 1.31 bits per heavy atom. The molecule has 0 unspecified atom stereocenters. The van der Waals surface area contributed by atoms with Crippen LogP contribution in [0.25, 0.3) is 0 Å². The van der Waals surface area contributed by atoms with Gasteiger partial charge in [0.25, 0.3) is 0 Å². The number of rotatable bonds is 2. The lowest BCUT2D eigenvalue weighted by atomic mass is 9.57. The summed E-state index contributed by atoms with van der Waals surface area (Å²) in [6.07, 6.45) is 11.8. The van der Waals surface area contributed by atoms with Crippen molar-refractivity contribution in [2.75, 3.05) is 14.2 Å². The van der Waals surface area contributed by atoms with E-state index >= 15 is 0 Å². The fraction of sp³-hybridized carbons (Fsp3) is 0.714. The Morgan fingerprint density at radius 2 is 2.19 bits per heavy atom. The van der Waals surface area contributed by atoms with Crippen LogP contribution < -0.4 is 0 Å². The molecule has 0 heterocycles. The molecule has 1 fully saturated rings. The molecule has 0 aromatic heterocycles. The third kappa shape index (κ3) is 1.29.